The Labute approximate surface area is 154 Å². The molecule has 144 valence electrons. The lowest BCUT2D eigenvalue weighted by Gasteiger charge is -2.60. The number of hydrogen-bond acceptors (Lipinski definition) is 6. The maximum absolute atomic E-state index is 6.36. The second kappa shape index (κ2) is 6.04. The van der Waals surface area contributed by atoms with Crippen LogP contribution in [0.5, 0.6) is 0 Å². The van der Waals surface area contributed by atoms with Crippen molar-refractivity contribution in [1.29, 1.82) is 0 Å². The summed E-state index contributed by atoms with van der Waals surface area (Å²) < 4.78 is 24.2. The first-order valence-corrected chi connectivity index (χ1v) is 9.86. The van der Waals surface area contributed by atoms with Crippen LogP contribution in [0.1, 0.15) is 52.2 Å². The monoisotopic (exact) mass is 364 g/mol. The molecule has 5 aliphatic rings. The van der Waals surface area contributed by atoms with Gasteiger partial charge in [-0.15, -0.1) is 0 Å². The first kappa shape index (κ1) is 17.2. The van der Waals surface area contributed by atoms with Gasteiger partial charge in [0.1, 0.15) is 12.4 Å². The molecule has 4 saturated heterocycles. The molecule has 6 nitrogen and oxygen atoms in total. The molecule has 1 spiro atoms. The molecule has 0 radical (unpaired) electrons. The molecule has 2 bridgehead atoms. The first-order chi connectivity index (χ1) is 12.5. The average molecular weight is 364 g/mol. The standard InChI is InChI=1S/C20H28O6/c1-12-6-7-16-13(2)17(22-11-14-5-4-10-21-14)23-18-20(16)15(12)8-9-19(3,24-18)25-26-20/h4-5,10,12-13,15-18H,6-9,11H2,1-3H3/t12-,13-,15?,16?,17?,18-,19-,20-/m1/s1. The summed E-state index contributed by atoms with van der Waals surface area (Å²) in [6, 6.07) is 3.78. The van der Waals surface area contributed by atoms with Gasteiger partial charge in [0, 0.05) is 18.3 Å². The summed E-state index contributed by atoms with van der Waals surface area (Å²) in [5.74, 6) is 1.47. The molecule has 8 atom stereocenters. The molecular formula is C20H28O6. The minimum Gasteiger partial charge on any atom is -0.467 e. The van der Waals surface area contributed by atoms with Crippen molar-refractivity contribution in [2.75, 3.05) is 0 Å². The number of furan rings is 1. The fourth-order valence-corrected chi connectivity index (χ4v) is 5.62. The number of hydrogen-bond donors (Lipinski definition) is 0. The third-order valence-corrected chi connectivity index (χ3v) is 7.07. The van der Waals surface area contributed by atoms with Crippen molar-refractivity contribution in [2.24, 2.45) is 23.7 Å². The number of fused-ring (bicyclic) bond motifs is 2. The Bertz CT molecular complexity index is 647. The smallest absolute Gasteiger partial charge is 0.201 e. The summed E-state index contributed by atoms with van der Waals surface area (Å²) in [4.78, 5) is 12.0. The van der Waals surface area contributed by atoms with Gasteiger partial charge >= 0.3 is 0 Å². The van der Waals surface area contributed by atoms with Gasteiger partial charge in [-0.2, -0.15) is 0 Å². The van der Waals surface area contributed by atoms with Gasteiger partial charge in [-0.05, 0) is 50.2 Å². The van der Waals surface area contributed by atoms with Gasteiger partial charge in [0.2, 0.25) is 5.79 Å². The van der Waals surface area contributed by atoms with Crippen LogP contribution in [0.15, 0.2) is 22.8 Å². The lowest BCUT2D eigenvalue weighted by molar-refractivity contribution is -0.577. The van der Waals surface area contributed by atoms with E-state index in [2.05, 4.69) is 13.8 Å². The second-order valence-electron chi connectivity index (χ2n) is 8.66. The number of ether oxygens (including phenoxy) is 3. The van der Waals surface area contributed by atoms with Gasteiger partial charge < -0.3 is 18.6 Å². The quantitative estimate of drug-likeness (QED) is 0.756. The molecule has 3 unspecified atom stereocenters. The zero-order valence-electron chi connectivity index (χ0n) is 15.7. The molecule has 1 saturated carbocycles. The summed E-state index contributed by atoms with van der Waals surface area (Å²) in [6.45, 7) is 6.85. The molecular weight excluding hydrogens is 336 g/mol. The minimum absolute atomic E-state index is 0.186. The highest BCUT2D eigenvalue weighted by molar-refractivity contribution is 5.09. The fraction of sp³-hybridized carbons (Fsp3) is 0.800. The summed E-state index contributed by atoms with van der Waals surface area (Å²) in [6.07, 6.45) is 4.98. The minimum atomic E-state index is -0.746. The van der Waals surface area contributed by atoms with E-state index in [1.54, 1.807) is 6.26 Å². The van der Waals surface area contributed by atoms with E-state index in [-0.39, 0.29) is 18.1 Å². The molecule has 0 aromatic carbocycles. The van der Waals surface area contributed by atoms with E-state index in [9.17, 15) is 0 Å². The topological polar surface area (TPSA) is 59.3 Å². The van der Waals surface area contributed by atoms with Gasteiger partial charge in [-0.3, -0.25) is 0 Å². The normalized spacial score (nSPS) is 50.3. The van der Waals surface area contributed by atoms with Crippen LogP contribution in [-0.4, -0.2) is 24.0 Å². The molecule has 5 fully saturated rings. The van der Waals surface area contributed by atoms with Crippen molar-refractivity contribution in [2.45, 2.75) is 77.0 Å². The number of rotatable bonds is 3. The molecule has 0 N–H and O–H groups in total. The van der Waals surface area contributed by atoms with Crippen molar-refractivity contribution in [3.8, 4) is 0 Å². The molecule has 6 heteroatoms. The van der Waals surface area contributed by atoms with Gasteiger partial charge in [-0.1, -0.05) is 13.8 Å². The van der Waals surface area contributed by atoms with Crippen LogP contribution in [0.2, 0.25) is 0 Å². The van der Waals surface area contributed by atoms with Crippen molar-refractivity contribution in [3.63, 3.8) is 0 Å². The Morgan fingerprint density at radius 3 is 2.85 bits per heavy atom. The molecule has 26 heavy (non-hydrogen) atoms. The lowest BCUT2D eigenvalue weighted by atomic mass is 9.58. The largest absolute Gasteiger partial charge is 0.467 e. The first-order valence-electron chi connectivity index (χ1n) is 9.86. The molecule has 4 aliphatic heterocycles. The van der Waals surface area contributed by atoms with E-state index in [4.69, 9.17) is 28.4 Å². The Morgan fingerprint density at radius 1 is 1.15 bits per heavy atom. The Hall–Kier alpha value is -0.920. The van der Waals surface area contributed by atoms with Crippen LogP contribution in [0.3, 0.4) is 0 Å². The van der Waals surface area contributed by atoms with Crippen molar-refractivity contribution in [1.82, 2.24) is 0 Å². The molecule has 1 aliphatic carbocycles. The Kier molecular flexibility index (Phi) is 4.00. The zero-order valence-corrected chi connectivity index (χ0v) is 15.7. The van der Waals surface area contributed by atoms with Gasteiger partial charge in [0.15, 0.2) is 18.2 Å². The third-order valence-electron chi connectivity index (χ3n) is 7.07. The predicted molar refractivity (Wildman–Crippen MR) is 90.3 cm³/mol. The van der Waals surface area contributed by atoms with E-state index in [1.807, 2.05) is 19.1 Å². The molecule has 1 aromatic rings. The Morgan fingerprint density at radius 2 is 2.04 bits per heavy atom. The van der Waals surface area contributed by atoms with E-state index in [0.717, 1.165) is 25.0 Å². The van der Waals surface area contributed by atoms with E-state index < -0.39 is 17.7 Å². The maximum Gasteiger partial charge on any atom is 0.201 e. The van der Waals surface area contributed by atoms with Crippen molar-refractivity contribution < 1.29 is 28.4 Å². The van der Waals surface area contributed by atoms with Crippen LogP contribution in [0.4, 0.5) is 0 Å². The molecule has 5 heterocycles. The van der Waals surface area contributed by atoms with Crippen molar-refractivity contribution >= 4 is 0 Å². The van der Waals surface area contributed by atoms with Crippen LogP contribution in [0.25, 0.3) is 0 Å². The van der Waals surface area contributed by atoms with Crippen LogP contribution >= 0.6 is 0 Å². The van der Waals surface area contributed by atoms with Crippen LogP contribution < -0.4 is 0 Å². The SMILES string of the molecule is C[C@H]1C(OCc2ccco2)O[C@@H]2O[C@@]3(C)CCC4[C@H](C)CCC1[C@]42OO3. The van der Waals surface area contributed by atoms with Gasteiger partial charge in [0.05, 0.1) is 6.26 Å². The highest BCUT2D eigenvalue weighted by Gasteiger charge is 2.69. The van der Waals surface area contributed by atoms with Gasteiger partial charge in [0.25, 0.3) is 0 Å². The average Bonchev–Trinajstić information content (AvgIpc) is 3.04. The van der Waals surface area contributed by atoms with Crippen LogP contribution in [-0.2, 0) is 30.6 Å². The summed E-state index contributed by atoms with van der Waals surface area (Å²) >= 11 is 0. The highest BCUT2D eigenvalue weighted by atomic mass is 17.3. The van der Waals surface area contributed by atoms with Gasteiger partial charge in [-0.25, -0.2) is 9.78 Å². The fourth-order valence-electron chi connectivity index (χ4n) is 5.62. The highest BCUT2D eigenvalue weighted by Crippen LogP contribution is 2.60. The summed E-state index contributed by atoms with van der Waals surface area (Å²) in [7, 11) is 0. The third kappa shape index (κ3) is 2.43. The predicted octanol–water partition coefficient (Wildman–Crippen LogP) is 4.00. The van der Waals surface area contributed by atoms with Crippen molar-refractivity contribution in [3.05, 3.63) is 24.2 Å². The van der Waals surface area contributed by atoms with E-state index in [0.29, 0.717) is 18.4 Å². The molecule has 6 rings (SSSR count). The Balaban J connectivity index is 1.45. The second-order valence-corrected chi connectivity index (χ2v) is 8.66. The van der Waals surface area contributed by atoms with E-state index >= 15 is 0 Å². The maximum atomic E-state index is 6.36. The lowest BCUT2D eigenvalue weighted by Crippen LogP contribution is -2.70. The molecule has 0 amide bonds. The van der Waals surface area contributed by atoms with E-state index in [1.165, 1.54) is 6.42 Å². The summed E-state index contributed by atoms with van der Waals surface area (Å²) in [5.41, 5.74) is -0.530. The zero-order chi connectivity index (χ0) is 17.9. The molecule has 1 aromatic heterocycles. The summed E-state index contributed by atoms with van der Waals surface area (Å²) in [5, 5.41) is 0. The van der Waals surface area contributed by atoms with Crippen LogP contribution in [0, 0.1) is 23.7 Å².